The summed E-state index contributed by atoms with van der Waals surface area (Å²) in [5.74, 6) is -0.175. The molecule has 0 aliphatic heterocycles. The molecule has 0 spiro atoms. The Morgan fingerprint density at radius 2 is 2.05 bits per heavy atom. The van der Waals surface area contributed by atoms with Crippen molar-refractivity contribution in [2.24, 2.45) is 0 Å². The van der Waals surface area contributed by atoms with Crippen LogP contribution in [0.4, 0.5) is 4.39 Å². The average molecular weight is 334 g/mol. The van der Waals surface area contributed by atoms with Crippen LogP contribution in [-0.2, 0) is 6.42 Å². The van der Waals surface area contributed by atoms with Crippen LogP contribution in [0.3, 0.4) is 0 Å². The molecule has 0 saturated heterocycles. The van der Waals surface area contributed by atoms with E-state index < -0.39 is 0 Å². The van der Waals surface area contributed by atoms with Crippen molar-refractivity contribution in [3.63, 3.8) is 0 Å². The third-order valence-electron chi connectivity index (χ3n) is 4.01. The van der Waals surface area contributed by atoms with E-state index in [0.717, 1.165) is 18.4 Å². The molecule has 0 radical (unpaired) electrons. The fourth-order valence-electron chi connectivity index (χ4n) is 2.96. The Balaban J connectivity index is 1.79. The van der Waals surface area contributed by atoms with Crippen molar-refractivity contribution in [2.45, 2.75) is 31.8 Å². The summed E-state index contributed by atoms with van der Waals surface area (Å²) in [6, 6.07) is 13.7. The third-order valence-corrected chi connectivity index (χ3v) is 4.76. The van der Waals surface area contributed by atoms with E-state index in [9.17, 15) is 4.39 Å². The van der Waals surface area contributed by atoms with Crippen LogP contribution in [0.15, 0.2) is 46.9 Å². The molecule has 1 N–H and O–H groups in total. The maximum Gasteiger partial charge on any atom is 0.123 e. The summed E-state index contributed by atoms with van der Waals surface area (Å²) in [4.78, 5) is 0. The van der Waals surface area contributed by atoms with Crippen molar-refractivity contribution < 1.29 is 4.39 Å². The summed E-state index contributed by atoms with van der Waals surface area (Å²) >= 11 is 3.62. The van der Waals surface area contributed by atoms with Gasteiger partial charge in [0.15, 0.2) is 0 Å². The van der Waals surface area contributed by atoms with Crippen LogP contribution >= 0.6 is 15.9 Å². The van der Waals surface area contributed by atoms with E-state index in [1.54, 1.807) is 12.1 Å². The molecule has 3 rings (SSSR count). The van der Waals surface area contributed by atoms with Crippen LogP contribution < -0.4 is 5.32 Å². The molecule has 2 aromatic carbocycles. The van der Waals surface area contributed by atoms with Gasteiger partial charge < -0.3 is 5.32 Å². The number of hydrogen-bond donors (Lipinski definition) is 1. The number of benzene rings is 2. The summed E-state index contributed by atoms with van der Waals surface area (Å²) < 4.78 is 14.5. The van der Waals surface area contributed by atoms with E-state index in [0.29, 0.717) is 6.04 Å². The van der Waals surface area contributed by atoms with Gasteiger partial charge in [0.05, 0.1) is 0 Å². The molecule has 20 heavy (non-hydrogen) atoms. The van der Waals surface area contributed by atoms with Crippen molar-refractivity contribution in [1.82, 2.24) is 5.32 Å². The quantitative estimate of drug-likeness (QED) is 0.839. The van der Waals surface area contributed by atoms with Crippen molar-refractivity contribution in [2.75, 3.05) is 0 Å². The van der Waals surface area contributed by atoms with Gasteiger partial charge in [0, 0.05) is 16.6 Å². The first-order valence-corrected chi connectivity index (χ1v) is 7.73. The molecule has 1 aliphatic carbocycles. The zero-order valence-corrected chi connectivity index (χ0v) is 13.0. The van der Waals surface area contributed by atoms with Crippen LogP contribution in [-0.4, -0.2) is 0 Å². The second kappa shape index (κ2) is 5.66. The lowest BCUT2D eigenvalue weighted by Gasteiger charge is -2.21. The Labute approximate surface area is 127 Å². The Morgan fingerprint density at radius 3 is 2.85 bits per heavy atom. The predicted molar refractivity (Wildman–Crippen MR) is 83.2 cm³/mol. The number of fused-ring (bicyclic) bond motifs is 1. The Morgan fingerprint density at radius 1 is 1.25 bits per heavy atom. The van der Waals surface area contributed by atoms with E-state index >= 15 is 0 Å². The maximum absolute atomic E-state index is 13.3. The largest absolute Gasteiger partial charge is 0.303 e. The molecular weight excluding hydrogens is 317 g/mol. The SMILES string of the molecule is C[C@H](NC1CCc2c(Br)cccc21)c1cccc(F)c1. The highest BCUT2D eigenvalue weighted by Crippen LogP contribution is 2.36. The Kier molecular flexibility index (Phi) is 3.90. The minimum Gasteiger partial charge on any atom is -0.303 e. The molecule has 0 fully saturated rings. The Bertz CT molecular complexity index is 626. The number of halogens is 2. The first kappa shape index (κ1) is 13.8. The lowest BCUT2D eigenvalue weighted by atomic mass is 10.0. The molecular formula is C17H17BrFN. The zero-order valence-electron chi connectivity index (χ0n) is 11.4. The first-order valence-electron chi connectivity index (χ1n) is 6.94. The van der Waals surface area contributed by atoms with Gasteiger partial charge in [-0.25, -0.2) is 4.39 Å². The highest BCUT2D eigenvalue weighted by Gasteiger charge is 2.25. The van der Waals surface area contributed by atoms with Gasteiger partial charge in [-0.2, -0.15) is 0 Å². The topological polar surface area (TPSA) is 12.0 Å². The monoisotopic (exact) mass is 333 g/mol. The van der Waals surface area contributed by atoms with E-state index in [4.69, 9.17) is 0 Å². The van der Waals surface area contributed by atoms with Gasteiger partial charge in [-0.1, -0.05) is 40.2 Å². The van der Waals surface area contributed by atoms with Gasteiger partial charge in [0.1, 0.15) is 5.82 Å². The minimum atomic E-state index is -0.175. The number of rotatable bonds is 3. The molecule has 0 amide bonds. The van der Waals surface area contributed by atoms with E-state index in [-0.39, 0.29) is 11.9 Å². The summed E-state index contributed by atoms with van der Waals surface area (Å²) in [5.41, 5.74) is 3.76. The highest BCUT2D eigenvalue weighted by molar-refractivity contribution is 9.10. The van der Waals surface area contributed by atoms with Gasteiger partial charge >= 0.3 is 0 Å². The Hall–Kier alpha value is -1.19. The first-order chi connectivity index (χ1) is 9.65. The van der Waals surface area contributed by atoms with Gasteiger partial charge in [-0.3, -0.25) is 0 Å². The molecule has 0 bridgehead atoms. The molecule has 0 saturated carbocycles. The van der Waals surface area contributed by atoms with Gasteiger partial charge in [0.2, 0.25) is 0 Å². The zero-order chi connectivity index (χ0) is 14.1. The van der Waals surface area contributed by atoms with E-state index in [2.05, 4.69) is 46.4 Å². The highest BCUT2D eigenvalue weighted by atomic mass is 79.9. The number of nitrogens with one attached hydrogen (secondary N) is 1. The predicted octanol–water partition coefficient (Wildman–Crippen LogP) is 4.93. The second-order valence-electron chi connectivity index (χ2n) is 5.34. The normalized spacial score (nSPS) is 18.9. The van der Waals surface area contributed by atoms with Crippen molar-refractivity contribution in [3.8, 4) is 0 Å². The average Bonchev–Trinajstić information content (AvgIpc) is 2.83. The summed E-state index contributed by atoms with van der Waals surface area (Å²) in [6.45, 7) is 2.09. The van der Waals surface area contributed by atoms with Crippen LogP contribution in [0.2, 0.25) is 0 Å². The number of hydrogen-bond acceptors (Lipinski definition) is 1. The molecule has 3 heteroatoms. The fraction of sp³-hybridized carbons (Fsp3) is 0.294. The van der Waals surface area contributed by atoms with Gasteiger partial charge in [-0.15, -0.1) is 0 Å². The van der Waals surface area contributed by atoms with Crippen molar-refractivity contribution in [1.29, 1.82) is 0 Å². The lowest BCUT2D eigenvalue weighted by molar-refractivity contribution is 0.463. The smallest absolute Gasteiger partial charge is 0.123 e. The minimum absolute atomic E-state index is 0.139. The van der Waals surface area contributed by atoms with Crippen LogP contribution in [0.1, 0.15) is 42.1 Å². The van der Waals surface area contributed by atoms with Gasteiger partial charge in [0.25, 0.3) is 0 Å². The molecule has 0 aromatic heterocycles. The van der Waals surface area contributed by atoms with Crippen LogP contribution in [0.25, 0.3) is 0 Å². The van der Waals surface area contributed by atoms with Crippen LogP contribution in [0, 0.1) is 5.82 Å². The molecule has 2 aromatic rings. The standard InChI is InChI=1S/C17H17BrFN/c1-11(12-4-2-5-13(19)10-12)20-17-9-8-14-15(17)6-3-7-16(14)18/h2-7,10-11,17,20H,8-9H2,1H3/t11-,17?/m0/s1. The lowest BCUT2D eigenvalue weighted by Crippen LogP contribution is -2.23. The molecule has 1 aliphatic rings. The summed E-state index contributed by atoms with van der Waals surface area (Å²) in [6.07, 6.45) is 2.18. The summed E-state index contributed by atoms with van der Waals surface area (Å²) in [7, 11) is 0. The van der Waals surface area contributed by atoms with Crippen LogP contribution in [0.5, 0.6) is 0 Å². The molecule has 1 unspecified atom stereocenters. The maximum atomic E-state index is 13.3. The van der Waals surface area contributed by atoms with E-state index in [1.165, 1.54) is 21.7 Å². The van der Waals surface area contributed by atoms with E-state index in [1.807, 2.05) is 6.07 Å². The van der Waals surface area contributed by atoms with Crippen molar-refractivity contribution >= 4 is 15.9 Å². The fourth-order valence-corrected chi connectivity index (χ4v) is 3.54. The molecule has 104 valence electrons. The third kappa shape index (κ3) is 2.65. The second-order valence-corrected chi connectivity index (χ2v) is 6.20. The summed E-state index contributed by atoms with van der Waals surface area (Å²) in [5, 5.41) is 3.62. The molecule has 1 nitrogen and oxygen atoms in total. The van der Waals surface area contributed by atoms with Gasteiger partial charge in [-0.05, 0) is 54.7 Å². The van der Waals surface area contributed by atoms with Crippen molar-refractivity contribution in [3.05, 3.63) is 69.4 Å². The molecule has 0 heterocycles. The molecule has 2 atom stereocenters.